The van der Waals surface area contributed by atoms with E-state index in [0.29, 0.717) is 11.3 Å². The maximum absolute atomic E-state index is 12.6. The van der Waals surface area contributed by atoms with Crippen LogP contribution in [0.1, 0.15) is 15.3 Å². The predicted molar refractivity (Wildman–Crippen MR) is 85.8 cm³/mol. The number of nitrogens with zero attached hydrogens (tertiary/aromatic N) is 1. The summed E-state index contributed by atoms with van der Waals surface area (Å²) in [6.07, 6.45) is 0. The molecule has 23 heavy (non-hydrogen) atoms. The van der Waals surface area contributed by atoms with Crippen molar-refractivity contribution in [1.29, 1.82) is 0 Å². The highest BCUT2D eigenvalue weighted by molar-refractivity contribution is 6.03. The van der Waals surface area contributed by atoms with Gasteiger partial charge >= 0.3 is 5.97 Å². The molecule has 0 amide bonds. The molecule has 0 saturated carbocycles. The SMILES string of the molecule is COC(=O)c1cc2ccccc2n1C(=O)COc1ccccc1. The quantitative estimate of drug-likeness (QED) is 0.695. The first-order valence-corrected chi connectivity index (χ1v) is 7.10. The number of para-hydroxylation sites is 2. The molecule has 1 heterocycles. The van der Waals surface area contributed by atoms with Crippen molar-refractivity contribution in [3.8, 4) is 5.75 Å². The Morgan fingerprint density at radius 2 is 1.70 bits per heavy atom. The van der Waals surface area contributed by atoms with Gasteiger partial charge in [0.15, 0.2) is 6.61 Å². The largest absolute Gasteiger partial charge is 0.484 e. The molecule has 0 N–H and O–H groups in total. The Morgan fingerprint density at radius 1 is 1.00 bits per heavy atom. The molecule has 0 aliphatic carbocycles. The van der Waals surface area contributed by atoms with E-state index in [1.54, 1.807) is 24.3 Å². The number of methoxy groups -OCH3 is 1. The van der Waals surface area contributed by atoms with Gasteiger partial charge in [-0.05, 0) is 24.3 Å². The van der Waals surface area contributed by atoms with E-state index >= 15 is 0 Å². The van der Waals surface area contributed by atoms with Crippen molar-refractivity contribution >= 4 is 22.8 Å². The standard InChI is InChI=1S/C18H15NO4/c1-22-18(21)16-11-13-7-5-6-10-15(13)19(16)17(20)12-23-14-8-3-2-4-9-14/h2-11H,12H2,1H3. The highest BCUT2D eigenvalue weighted by Crippen LogP contribution is 2.20. The van der Waals surface area contributed by atoms with Gasteiger partial charge in [-0.1, -0.05) is 36.4 Å². The van der Waals surface area contributed by atoms with Crippen LogP contribution in [0.15, 0.2) is 60.7 Å². The van der Waals surface area contributed by atoms with Gasteiger partial charge in [-0.2, -0.15) is 0 Å². The first-order chi connectivity index (χ1) is 11.2. The summed E-state index contributed by atoms with van der Waals surface area (Å²) in [6, 6.07) is 18.0. The highest BCUT2D eigenvalue weighted by Gasteiger charge is 2.20. The third-order valence-electron chi connectivity index (χ3n) is 3.46. The van der Waals surface area contributed by atoms with Crippen LogP contribution in [-0.2, 0) is 4.74 Å². The molecule has 1 aromatic heterocycles. The Bertz CT molecular complexity index is 852. The van der Waals surface area contributed by atoms with E-state index in [1.807, 2.05) is 36.4 Å². The van der Waals surface area contributed by atoms with Gasteiger partial charge in [-0.3, -0.25) is 9.36 Å². The Hall–Kier alpha value is -3.08. The van der Waals surface area contributed by atoms with E-state index in [4.69, 9.17) is 9.47 Å². The second-order valence-corrected chi connectivity index (χ2v) is 4.91. The van der Waals surface area contributed by atoms with Crippen LogP contribution in [-0.4, -0.2) is 30.2 Å². The van der Waals surface area contributed by atoms with E-state index in [-0.39, 0.29) is 18.2 Å². The molecule has 5 heteroatoms. The zero-order valence-corrected chi connectivity index (χ0v) is 12.6. The molecule has 0 unspecified atom stereocenters. The van der Waals surface area contributed by atoms with Crippen LogP contribution in [0.25, 0.3) is 10.9 Å². The molecule has 0 aliphatic rings. The molecular formula is C18H15NO4. The van der Waals surface area contributed by atoms with Crippen LogP contribution in [0.3, 0.4) is 0 Å². The Labute approximate surface area is 133 Å². The summed E-state index contributed by atoms with van der Waals surface area (Å²) < 4.78 is 11.6. The Morgan fingerprint density at radius 3 is 2.43 bits per heavy atom. The molecule has 3 aromatic rings. The molecule has 3 rings (SSSR count). The number of carbonyl (C=O) groups excluding carboxylic acids is 2. The summed E-state index contributed by atoms with van der Waals surface area (Å²) in [5.74, 6) is -0.304. The van der Waals surface area contributed by atoms with E-state index < -0.39 is 5.97 Å². The molecular weight excluding hydrogens is 294 g/mol. The molecule has 0 saturated heterocycles. The first-order valence-electron chi connectivity index (χ1n) is 7.10. The molecule has 0 fully saturated rings. The lowest BCUT2D eigenvalue weighted by molar-refractivity contribution is 0.0578. The lowest BCUT2D eigenvalue weighted by Gasteiger charge is -2.09. The average molecular weight is 309 g/mol. The fourth-order valence-corrected chi connectivity index (χ4v) is 2.40. The number of fused-ring (bicyclic) bond motifs is 1. The molecule has 0 radical (unpaired) electrons. The van der Waals surface area contributed by atoms with Gasteiger partial charge in [0.1, 0.15) is 11.4 Å². The van der Waals surface area contributed by atoms with Crippen molar-refractivity contribution in [2.45, 2.75) is 0 Å². The topological polar surface area (TPSA) is 57.5 Å². The number of benzene rings is 2. The minimum absolute atomic E-state index is 0.174. The molecule has 0 spiro atoms. The maximum atomic E-state index is 12.6. The summed E-state index contributed by atoms with van der Waals surface area (Å²) in [5.41, 5.74) is 0.838. The Balaban J connectivity index is 1.94. The van der Waals surface area contributed by atoms with Gasteiger partial charge in [-0.15, -0.1) is 0 Å². The number of esters is 1. The first kappa shape index (κ1) is 14.8. The number of ether oxygens (including phenoxy) is 2. The third kappa shape index (κ3) is 2.94. The number of hydrogen-bond acceptors (Lipinski definition) is 4. The molecule has 0 atom stereocenters. The highest BCUT2D eigenvalue weighted by atomic mass is 16.5. The summed E-state index contributed by atoms with van der Waals surface area (Å²) in [7, 11) is 1.29. The summed E-state index contributed by atoms with van der Waals surface area (Å²) in [6.45, 7) is -0.174. The van der Waals surface area contributed by atoms with Crippen molar-refractivity contribution in [1.82, 2.24) is 4.57 Å². The van der Waals surface area contributed by atoms with Gasteiger partial charge < -0.3 is 9.47 Å². The maximum Gasteiger partial charge on any atom is 0.355 e. The van der Waals surface area contributed by atoms with Crippen molar-refractivity contribution in [3.05, 3.63) is 66.4 Å². The second kappa shape index (κ2) is 6.36. The lowest BCUT2D eigenvalue weighted by atomic mass is 10.2. The van der Waals surface area contributed by atoms with E-state index in [2.05, 4.69) is 0 Å². The van der Waals surface area contributed by atoms with E-state index in [1.165, 1.54) is 11.7 Å². The lowest BCUT2D eigenvalue weighted by Crippen LogP contribution is -2.23. The van der Waals surface area contributed by atoms with Gasteiger partial charge in [0.25, 0.3) is 5.91 Å². The van der Waals surface area contributed by atoms with Crippen LogP contribution in [0.4, 0.5) is 0 Å². The molecule has 0 aliphatic heterocycles. The van der Waals surface area contributed by atoms with E-state index in [0.717, 1.165) is 5.39 Å². The fraction of sp³-hybridized carbons (Fsp3) is 0.111. The molecule has 2 aromatic carbocycles. The number of rotatable bonds is 4. The van der Waals surface area contributed by atoms with Crippen molar-refractivity contribution in [2.75, 3.05) is 13.7 Å². The van der Waals surface area contributed by atoms with Crippen molar-refractivity contribution < 1.29 is 19.1 Å². The van der Waals surface area contributed by atoms with Crippen LogP contribution in [0.5, 0.6) is 5.75 Å². The van der Waals surface area contributed by atoms with Gasteiger partial charge in [0.05, 0.1) is 12.6 Å². The summed E-state index contributed by atoms with van der Waals surface area (Å²) in [5, 5.41) is 0.793. The molecule has 0 bridgehead atoms. The Kier molecular flexibility index (Phi) is 4.10. The number of aromatic nitrogens is 1. The van der Waals surface area contributed by atoms with Gasteiger partial charge in [-0.25, -0.2) is 4.79 Å². The smallest absolute Gasteiger partial charge is 0.355 e. The minimum atomic E-state index is -0.561. The predicted octanol–water partition coefficient (Wildman–Crippen LogP) is 3.15. The fourth-order valence-electron chi connectivity index (χ4n) is 2.40. The van der Waals surface area contributed by atoms with Gasteiger partial charge in [0.2, 0.25) is 0 Å². The minimum Gasteiger partial charge on any atom is -0.484 e. The zero-order valence-electron chi connectivity index (χ0n) is 12.6. The summed E-state index contributed by atoms with van der Waals surface area (Å²) >= 11 is 0. The average Bonchev–Trinajstić information content (AvgIpc) is 2.99. The second-order valence-electron chi connectivity index (χ2n) is 4.91. The third-order valence-corrected chi connectivity index (χ3v) is 3.46. The normalized spacial score (nSPS) is 10.5. The number of hydrogen-bond donors (Lipinski definition) is 0. The molecule has 116 valence electrons. The zero-order chi connectivity index (χ0) is 16.2. The monoisotopic (exact) mass is 309 g/mol. The number of carbonyl (C=O) groups is 2. The van der Waals surface area contributed by atoms with Crippen molar-refractivity contribution in [3.63, 3.8) is 0 Å². The molecule has 5 nitrogen and oxygen atoms in total. The summed E-state index contributed by atoms with van der Waals surface area (Å²) in [4.78, 5) is 24.5. The van der Waals surface area contributed by atoms with Crippen LogP contribution in [0, 0.1) is 0 Å². The van der Waals surface area contributed by atoms with Crippen LogP contribution >= 0.6 is 0 Å². The van der Waals surface area contributed by atoms with Crippen LogP contribution in [0.2, 0.25) is 0 Å². The van der Waals surface area contributed by atoms with Gasteiger partial charge in [0, 0.05) is 5.39 Å². The van der Waals surface area contributed by atoms with Crippen LogP contribution < -0.4 is 4.74 Å². The van der Waals surface area contributed by atoms with E-state index in [9.17, 15) is 9.59 Å². The van der Waals surface area contributed by atoms with Crippen molar-refractivity contribution in [2.24, 2.45) is 0 Å².